The van der Waals surface area contributed by atoms with Gasteiger partial charge >= 0.3 is 0 Å². The van der Waals surface area contributed by atoms with Gasteiger partial charge in [0, 0.05) is 6.54 Å². The molecule has 2 nitrogen and oxygen atoms in total. The van der Waals surface area contributed by atoms with Crippen molar-refractivity contribution in [3.8, 4) is 0 Å². The van der Waals surface area contributed by atoms with Crippen molar-refractivity contribution in [3.63, 3.8) is 0 Å². The number of hydrogen-bond donors (Lipinski definition) is 2. The van der Waals surface area contributed by atoms with E-state index in [1.54, 1.807) is 6.07 Å². The fourth-order valence-electron chi connectivity index (χ4n) is 1.91. The van der Waals surface area contributed by atoms with Gasteiger partial charge in [-0.2, -0.15) is 0 Å². The van der Waals surface area contributed by atoms with E-state index in [-0.39, 0.29) is 12.4 Å². The number of fused-ring (bicyclic) bond motifs is 1. The first kappa shape index (κ1) is 8.66. The van der Waals surface area contributed by atoms with Crippen molar-refractivity contribution in [1.82, 2.24) is 0 Å². The summed E-state index contributed by atoms with van der Waals surface area (Å²) in [7, 11) is 0. The Labute approximate surface area is 76.2 Å². The third-order valence-corrected chi connectivity index (χ3v) is 2.71. The monoisotopic (exact) mass is 181 g/mol. The first-order chi connectivity index (χ1) is 6.15. The Morgan fingerprint density at radius 3 is 3.00 bits per heavy atom. The lowest BCUT2D eigenvalue weighted by Gasteiger charge is -2.21. The summed E-state index contributed by atoms with van der Waals surface area (Å²) in [5, 5.41) is 10.00. The van der Waals surface area contributed by atoms with Crippen molar-refractivity contribution >= 4 is 0 Å². The molecule has 0 bridgehead atoms. The topological polar surface area (TPSA) is 46.2 Å². The predicted octanol–water partition coefficient (Wildman–Crippen LogP) is 0.918. The van der Waals surface area contributed by atoms with Gasteiger partial charge in [-0.1, -0.05) is 6.07 Å². The van der Waals surface area contributed by atoms with Crippen molar-refractivity contribution < 1.29 is 9.50 Å². The number of halogens is 1. The molecule has 70 valence electrons. The summed E-state index contributed by atoms with van der Waals surface area (Å²) in [5.74, 6) is -0.250. The highest BCUT2D eigenvalue weighted by molar-refractivity contribution is 5.37. The quantitative estimate of drug-likeness (QED) is 0.676. The summed E-state index contributed by atoms with van der Waals surface area (Å²) in [4.78, 5) is 0. The Morgan fingerprint density at radius 1 is 1.54 bits per heavy atom. The van der Waals surface area contributed by atoms with Crippen LogP contribution in [0.2, 0.25) is 0 Å². The van der Waals surface area contributed by atoms with Crippen LogP contribution in [0.4, 0.5) is 4.39 Å². The lowest BCUT2D eigenvalue weighted by atomic mass is 9.96. The van der Waals surface area contributed by atoms with E-state index in [9.17, 15) is 9.50 Å². The van der Waals surface area contributed by atoms with E-state index in [1.165, 1.54) is 12.1 Å². The van der Waals surface area contributed by atoms with E-state index in [0.29, 0.717) is 12.8 Å². The van der Waals surface area contributed by atoms with Gasteiger partial charge < -0.3 is 10.8 Å². The normalized spacial score (nSPS) is 26.1. The maximum Gasteiger partial charge on any atom is 0.123 e. The minimum Gasteiger partial charge on any atom is -0.384 e. The standard InChI is InChI=1S/C10H12FNO/c11-8-1-2-9-7(5-8)3-4-10(9,13)6-12/h1-2,5,13H,3-4,6,12H2/t10-/m0/s1. The molecule has 2 rings (SSSR count). The molecule has 0 saturated carbocycles. The molecule has 13 heavy (non-hydrogen) atoms. The van der Waals surface area contributed by atoms with Gasteiger partial charge in [-0.3, -0.25) is 0 Å². The van der Waals surface area contributed by atoms with Crippen molar-refractivity contribution in [1.29, 1.82) is 0 Å². The average Bonchev–Trinajstić information content (AvgIpc) is 2.45. The molecule has 1 atom stereocenters. The smallest absolute Gasteiger partial charge is 0.123 e. The van der Waals surface area contributed by atoms with Gasteiger partial charge in [0.2, 0.25) is 0 Å². The molecule has 3 heteroatoms. The summed E-state index contributed by atoms with van der Waals surface area (Å²) >= 11 is 0. The Kier molecular flexibility index (Phi) is 1.86. The molecular weight excluding hydrogens is 169 g/mol. The molecule has 3 N–H and O–H groups in total. The average molecular weight is 181 g/mol. The summed E-state index contributed by atoms with van der Waals surface area (Å²) in [6.07, 6.45) is 1.31. The maximum absolute atomic E-state index is 12.8. The van der Waals surface area contributed by atoms with Crippen molar-refractivity contribution in [2.24, 2.45) is 5.73 Å². The first-order valence-electron chi connectivity index (χ1n) is 4.37. The third kappa shape index (κ3) is 1.24. The number of hydrogen-bond acceptors (Lipinski definition) is 2. The van der Waals surface area contributed by atoms with Crippen LogP contribution in [0.15, 0.2) is 18.2 Å². The van der Waals surface area contributed by atoms with Crippen LogP contribution in [0.1, 0.15) is 17.5 Å². The lowest BCUT2D eigenvalue weighted by molar-refractivity contribution is 0.0481. The molecule has 0 spiro atoms. The van der Waals surface area contributed by atoms with Crippen LogP contribution < -0.4 is 5.73 Å². The molecule has 0 radical (unpaired) electrons. The van der Waals surface area contributed by atoms with Gasteiger partial charge in [-0.25, -0.2) is 4.39 Å². The summed E-state index contributed by atoms with van der Waals surface area (Å²) in [6, 6.07) is 4.47. The third-order valence-electron chi connectivity index (χ3n) is 2.71. The van der Waals surface area contributed by atoms with E-state index >= 15 is 0 Å². The highest BCUT2D eigenvalue weighted by atomic mass is 19.1. The van der Waals surface area contributed by atoms with Crippen LogP contribution in [0, 0.1) is 5.82 Å². The molecule has 1 aromatic carbocycles. The van der Waals surface area contributed by atoms with Crippen LogP contribution in [-0.2, 0) is 12.0 Å². The fraction of sp³-hybridized carbons (Fsp3) is 0.400. The molecule has 1 aromatic rings. The van der Waals surface area contributed by atoms with Crippen molar-refractivity contribution in [3.05, 3.63) is 35.1 Å². The first-order valence-corrected chi connectivity index (χ1v) is 4.37. The molecule has 1 aliphatic rings. The zero-order chi connectivity index (χ0) is 9.47. The highest BCUT2D eigenvalue weighted by Crippen LogP contribution is 2.36. The summed E-state index contributed by atoms with van der Waals surface area (Å²) in [5.41, 5.74) is 6.22. The largest absolute Gasteiger partial charge is 0.384 e. The maximum atomic E-state index is 12.8. The number of benzene rings is 1. The molecule has 0 unspecified atom stereocenters. The van der Waals surface area contributed by atoms with Crippen molar-refractivity contribution in [2.75, 3.05) is 6.54 Å². The molecule has 0 fully saturated rings. The summed E-state index contributed by atoms with van der Waals surface area (Å²) < 4.78 is 12.8. The molecule has 0 heterocycles. The van der Waals surface area contributed by atoms with Gasteiger partial charge in [-0.05, 0) is 36.1 Å². The van der Waals surface area contributed by atoms with E-state index in [4.69, 9.17) is 5.73 Å². The lowest BCUT2D eigenvalue weighted by Crippen LogP contribution is -2.32. The zero-order valence-electron chi connectivity index (χ0n) is 7.26. The second kappa shape index (κ2) is 2.79. The molecule has 0 aromatic heterocycles. The van der Waals surface area contributed by atoms with Crippen LogP contribution in [0.5, 0.6) is 0 Å². The van der Waals surface area contributed by atoms with Crippen LogP contribution >= 0.6 is 0 Å². The van der Waals surface area contributed by atoms with E-state index in [0.717, 1.165) is 11.1 Å². The number of aliphatic hydroxyl groups is 1. The van der Waals surface area contributed by atoms with Crippen molar-refractivity contribution in [2.45, 2.75) is 18.4 Å². The molecule has 1 aliphatic carbocycles. The van der Waals surface area contributed by atoms with Gasteiger partial charge in [0.05, 0.1) is 0 Å². The Balaban J connectivity index is 2.49. The van der Waals surface area contributed by atoms with E-state index in [2.05, 4.69) is 0 Å². The molecular formula is C10H12FNO. The molecule has 0 amide bonds. The molecule has 0 saturated heterocycles. The minimum absolute atomic E-state index is 0.200. The van der Waals surface area contributed by atoms with Crippen LogP contribution in [-0.4, -0.2) is 11.7 Å². The Morgan fingerprint density at radius 2 is 2.31 bits per heavy atom. The fourth-order valence-corrected chi connectivity index (χ4v) is 1.91. The van der Waals surface area contributed by atoms with Gasteiger partial charge in [0.15, 0.2) is 0 Å². The number of aryl methyl sites for hydroxylation is 1. The van der Waals surface area contributed by atoms with Crippen LogP contribution in [0.25, 0.3) is 0 Å². The number of nitrogens with two attached hydrogens (primary N) is 1. The second-order valence-electron chi connectivity index (χ2n) is 3.54. The predicted molar refractivity (Wildman–Crippen MR) is 47.7 cm³/mol. The van der Waals surface area contributed by atoms with Gasteiger partial charge in [0.25, 0.3) is 0 Å². The van der Waals surface area contributed by atoms with E-state index in [1.807, 2.05) is 0 Å². The minimum atomic E-state index is -0.928. The Bertz CT molecular complexity index is 340. The van der Waals surface area contributed by atoms with Gasteiger partial charge in [0.1, 0.15) is 11.4 Å². The number of rotatable bonds is 1. The second-order valence-corrected chi connectivity index (χ2v) is 3.54. The SMILES string of the molecule is NC[C@@]1(O)CCc2cc(F)ccc21. The van der Waals surface area contributed by atoms with Gasteiger partial charge in [-0.15, -0.1) is 0 Å². The van der Waals surface area contributed by atoms with Crippen LogP contribution in [0.3, 0.4) is 0 Å². The van der Waals surface area contributed by atoms with E-state index < -0.39 is 5.60 Å². The summed E-state index contributed by atoms with van der Waals surface area (Å²) in [6.45, 7) is 0.200. The highest BCUT2D eigenvalue weighted by Gasteiger charge is 2.35. The Hall–Kier alpha value is -0.930. The molecule has 0 aliphatic heterocycles. The zero-order valence-corrected chi connectivity index (χ0v) is 7.26.